The number of amides is 1. The van der Waals surface area contributed by atoms with Crippen LogP contribution in [0.3, 0.4) is 0 Å². The van der Waals surface area contributed by atoms with Crippen molar-refractivity contribution < 1.29 is 14.3 Å². The van der Waals surface area contributed by atoms with Gasteiger partial charge in [0.05, 0.1) is 0 Å². The van der Waals surface area contributed by atoms with Crippen molar-refractivity contribution in [2.45, 2.75) is 39.2 Å². The summed E-state index contributed by atoms with van der Waals surface area (Å²) in [5.41, 5.74) is 1.19. The molecule has 2 aromatic rings. The highest BCUT2D eigenvalue weighted by molar-refractivity contribution is 7.13. The molecule has 1 fully saturated rings. The third kappa shape index (κ3) is 4.49. The molecule has 5 nitrogen and oxygen atoms in total. The molecular formula is C20H24N2O3S. The first-order valence-corrected chi connectivity index (χ1v) is 9.90. The minimum absolute atomic E-state index is 0.161. The Morgan fingerprint density at radius 3 is 2.77 bits per heavy atom. The van der Waals surface area contributed by atoms with Gasteiger partial charge >= 0.3 is 5.97 Å². The number of rotatable bonds is 5. The fourth-order valence-corrected chi connectivity index (χ4v) is 4.12. The normalized spacial score (nSPS) is 22.6. The number of carbonyl (C=O) groups is 2. The lowest BCUT2D eigenvalue weighted by Crippen LogP contribution is -2.45. The van der Waals surface area contributed by atoms with Gasteiger partial charge in [-0.15, -0.1) is 11.3 Å². The van der Waals surface area contributed by atoms with Gasteiger partial charge in [-0.3, -0.25) is 4.79 Å². The SMILES string of the molecule is C[C@@H]1[C@H](C)CCC[C@H]1NC(=O)COC(=O)c1csc(-c2ccccc2)n1. The number of nitrogens with zero attached hydrogens (tertiary/aromatic N) is 1. The van der Waals surface area contributed by atoms with Gasteiger partial charge in [0.15, 0.2) is 12.3 Å². The summed E-state index contributed by atoms with van der Waals surface area (Å²) >= 11 is 1.38. The Bertz CT molecular complexity index is 759. The molecule has 1 N–H and O–H groups in total. The molecule has 1 aliphatic rings. The van der Waals surface area contributed by atoms with E-state index >= 15 is 0 Å². The van der Waals surface area contributed by atoms with Crippen LogP contribution in [0.5, 0.6) is 0 Å². The summed E-state index contributed by atoms with van der Waals surface area (Å²) in [6, 6.07) is 9.81. The number of hydrogen-bond donors (Lipinski definition) is 1. The molecular weight excluding hydrogens is 348 g/mol. The van der Waals surface area contributed by atoms with Crippen LogP contribution in [0.4, 0.5) is 0 Å². The smallest absolute Gasteiger partial charge is 0.358 e. The van der Waals surface area contributed by atoms with Crippen molar-refractivity contribution in [1.29, 1.82) is 0 Å². The second kappa shape index (κ2) is 8.45. The summed E-state index contributed by atoms with van der Waals surface area (Å²) in [7, 11) is 0. The second-order valence-corrected chi connectivity index (χ2v) is 7.78. The van der Waals surface area contributed by atoms with Crippen molar-refractivity contribution in [3.8, 4) is 10.6 Å². The number of benzene rings is 1. The molecule has 3 rings (SSSR count). The first kappa shape index (κ1) is 18.6. The van der Waals surface area contributed by atoms with E-state index in [1.807, 2.05) is 30.3 Å². The summed E-state index contributed by atoms with van der Waals surface area (Å²) in [6.45, 7) is 4.12. The summed E-state index contributed by atoms with van der Waals surface area (Å²) in [6.07, 6.45) is 3.31. The van der Waals surface area contributed by atoms with E-state index in [-0.39, 0.29) is 24.2 Å². The van der Waals surface area contributed by atoms with E-state index in [4.69, 9.17) is 4.74 Å². The molecule has 1 aliphatic carbocycles. The van der Waals surface area contributed by atoms with Crippen molar-refractivity contribution >= 4 is 23.2 Å². The maximum absolute atomic E-state index is 12.1. The molecule has 0 bridgehead atoms. The van der Waals surface area contributed by atoms with Crippen LogP contribution >= 0.6 is 11.3 Å². The largest absolute Gasteiger partial charge is 0.451 e. The van der Waals surface area contributed by atoms with E-state index in [2.05, 4.69) is 24.1 Å². The van der Waals surface area contributed by atoms with Gasteiger partial charge in [-0.25, -0.2) is 9.78 Å². The number of aromatic nitrogens is 1. The van der Waals surface area contributed by atoms with Crippen LogP contribution in [0.25, 0.3) is 10.6 Å². The zero-order valence-corrected chi connectivity index (χ0v) is 15.9. The highest BCUT2D eigenvalue weighted by atomic mass is 32.1. The highest BCUT2D eigenvalue weighted by Crippen LogP contribution is 2.29. The second-order valence-electron chi connectivity index (χ2n) is 6.92. The van der Waals surface area contributed by atoms with Crippen LogP contribution < -0.4 is 5.32 Å². The van der Waals surface area contributed by atoms with E-state index < -0.39 is 5.97 Å². The average Bonchev–Trinajstić information content (AvgIpc) is 3.14. The van der Waals surface area contributed by atoms with Gasteiger partial charge in [0, 0.05) is 17.0 Å². The molecule has 138 valence electrons. The van der Waals surface area contributed by atoms with Crippen LogP contribution in [-0.2, 0) is 9.53 Å². The van der Waals surface area contributed by atoms with Crippen LogP contribution in [0.2, 0.25) is 0 Å². The third-order valence-corrected chi connectivity index (χ3v) is 6.01. The Morgan fingerprint density at radius 1 is 1.23 bits per heavy atom. The molecule has 0 aliphatic heterocycles. The number of ether oxygens (including phenoxy) is 1. The lowest BCUT2D eigenvalue weighted by atomic mass is 9.78. The van der Waals surface area contributed by atoms with Crippen molar-refractivity contribution in [2.24, 2.45) is 11.8 Å². The number of carbonyl (C=O) groups excluding carboxylic acids is 2. The Balaban J connectivity index is 1.51. The van der Waals surface area contributed by atoms with Gasteiger partial charge in [-0.1, -0.05) is 57.0 Å². The van der Waals surface area contributed by atoms with E-state index in [1.165, 1.54) is 17.8 Å². The lowest BCUT2D eigenvalue weighted by Gasteiger charge is -2.34. The fraction of sp³-hybridized carbons (Fsp3) is 0.450. The van der Waals surface area contributed by atoms with Crippen LogP contribution in [0.1, 0.15) is 43.6 Å². The minimum Gasteiger partial charge on any atom is -0.451 e. The number of hydrogen-bond acceptors (Lipinski definition) is 5. The first-order valence-electron chi connectivity index (χ1n) is 9.02. The standard InChI is InChI=1S/C20H24N2O3S/c1-13-7-6-10-16(14(13)2)21-18(23)11-25-20(24)17-12-26-19(22-17)15-8-4-3-5-9-15/h3-5,8-9,12-14,16H,6-7,10-11H2,1-2H3,(H,21,23)/t13-,14-,16-/m1/s1. The molecule has 1 aromatic carbocycles. The summed E-state index contributed by atoms with van der Waals surface area (Å²) in [4.78, 5) is 28.6. The van der Waals surface area contributed by atoms with Crippen LogP contribution in [0.15, 0.2) is 35.7 Å². The van der Waals surface area contributed by atoms with Gasteiger partial charge in [-0.05, 0) is 18.3 Å². The fourth-order valence-electron chi connectivity index (χ4n) is 3.32. The molecule has 0 saturated heterocycles. The highest BCUT2D eigenvalue weighted by Gasteiger charge is 2.28. The Hall–Kier alpha value is -2.21. The molecule has 26 heavy (non-hydrogen) atoms. The zero-order valence-electron chi connectivity index (χ0n) is 15.1. The Morgan fingerprint density at radius 2 is 2.00 bits per heavy atom. The monoisotopic (exact) mass is 372 g/mol. The third-order valence-electron chi connectivity index (χ3n) is 5.12. The molecule has 1 aromatic heterocycles. The van der Waals surface area contributed by atoms with Crippen molar-refractivity contribution in [2.75, 3.05) is 6.61 Å². The maximum atomic E-state index is 12.1. The van der Waals surface area contributed by atoms with Gasteiger partial charge < -0.3 is 10.1 Å². The molecule has 1 amide bonds. The zero-order chi connectivity index (χ0) is 18.5. The number of esters is 1. The van der Waals surface area contributed by atoms with Gasteiger partial charge in [0.1, 0.15) is 5.01 Å². The van der Waals surface area contributed by atoms with Crippen molar-refractivity contribution in [3.05, 3.63) is 41.4 Å². The Kier molecular flexibility index (Phi) is 6.04. The van der Waals surface area contributed by atoms with Crippen LogP contribution in [-0.4, -0.2) is 29.5 Å². The van der Waals surface area contributed by atoms with Gasteiger partial charge in [0.25, 0.3) is 5.91 Å². The van der Waals surface area contributed by atoms with E-state index in [0.29, 0.717) is 11.8 Å². The molecule has 0 radical (unpaired) electrons. The maximum Gasteiger partial charge on any atom is 0.358 e. The Labute approximate surface area is 157 Å². The molecule has 3 atom stereocenters. The van der Waals surface area contributed by atoms with E-state index in [1.54, 1.807) is 5.38 Å². The van der Waals surface area contributed by atoms with Crippen molar-refractivity contribution in [3.63, 3.8) is 0 Å². The van der Waals surface area contributed by atoms with Gasteiger partial charge in [0.2, 0.25) is 0 Å². The predicted octanol–water partition coefficient (Wildman–Crippen LogP) is 3.91. The number of thiazole rings is 1. The molecule has 0 unspecified atom stereocenters. The predicted molar refractivity (Wildman–Crippen MR) is 102 cm³/mol. The summed E-state index contributed by atoms with van der Waals surface area (Å²) in [5, 5.41) is 5.42. The van der Waals surface area contributed by atoms with E-state index in [9.17, 15) is 9.59 Å². The topological polar surface area (TPSA) is 68.3 Å². The summed E-state index contributed by atoms with van der Waals surface area (Å²) in [5.74, 6) is 0.227. The molecule has 0 spiro atoms. The molecule has 6 heteroatoms. The summed E-state index contributed by atoms with van der Waals surface area (Å²) < 4.78 is 5.14. The van der Waals surface area contributed by atoms with Crippen molar-refractivity contribution in [1.82, 2.24) is 10.3 Å². The quantitative estimate of drug-likeness (QED) is 0.808. The molecule has 1 saturated carbocycles. The average molecular weight is 372 g/mol. The van der Waals surface area contributed by atoms with Crippen LogP contribution in [0, 0.1) is 11.8 Å². The first-order chi connectivity index (χ1) is 12.5. The number of nitrogens with one attached hydrogen (secondary N) is 1. The lowest BCUT2D eigenvalue weighted by molar-refractivity contribution is -0.125. The van der Waals surface area contributed by atoms with Gasteiger partial charge in [-0.2, -0.15) is 0 Å². The molecule has 1 heterocycles. The van der Waals surface area contributed by atoms with E-state index in [0.717, 1.165) is 23.4 Å². The minimum atomic E-state index is -0.566.